The maximum atomic E-state index is 7.13. The Labute approximate surface area is 313 Å². The van der Waals surface area contributed by atoms with Crippen molar-refractivity contribution >= 4 is 59.4 Å². The number of benzene rings is 5. The van der Waals surface area contributed by atoms with Crippen LogP contribution in [0.25, 0.3) is 23.7 Å². The van der Waals surface area contributed by atoms with Gasteiger partial charge in [0.1, 0.15) is 11.5 Å². The summed E-state index contributed by atoms with van der Waals surface area (Å²) in [5, 5.41) is 0. The van der Waals surface area contributed by atoms with Gasteiger partial charge >= 0.3 is 13.8 Å². The van der Waals surface area contributed by atoms with Gasteiger partial charge in [0, 0.05) is 11.1 Å². The van der Waals surface area contributed by atoms with Crippen LogP contribution >= 0.6 is 0 Å². The van der Waals surface area contributed by atoms with Gasteiger partial charge in [0.05, 0.1) is 0 Å². The average molecular weight is 683 g/mol. The molecule has 2 aliphatic heterocycles. The lowest BCUT2D eigenvalue weighted by molar-refractivity contribution is 0.546. The minimum absolute atomic E-state index is 0.0763. The Hall–Kier alpha value is -4.69. The lowest BCUT2D eigenvalue weighted by Gasteiger charge is -2.32. The van der Waals surface area contributed by atoms with E-state index in [0.717, 1.165) is 22.6 Å². The lowest BCUT2D eigenvalue weighted by atomic mass is 9.47. The van der Waals surface area contributed by atoms with Crippen molar-refractivity contribution in [3.63, 3.8) is 0 Å². The standard InChI is InChI=1S/C48H52B2O2/c1-29-21-31(3)45(32(4)22-29)49-41-25-38-28-44(36-15-19-40(20-16-36)48(10,11)12)52-50(46-33(5)23-30(2)24-34(46)6)42(38)26-37(41)27-43(51-49)35-13-17-39(18-14-35)47(7,8)9/h13-28H,1-12H3. The van der Waals surface area contributed by atoms with Crippen LogP contribution in [0, 0.1) is 41.5 Å². The maximum Gasteiger partial charge on any atom is 0.427 e. The molecule has 0 aromatic heterocycles. The van der Waals surface area contributed by atoms with E-state index in [2.05, 4.69) is 180 Å². The van der Waals surface area contributed by atoms with E-state index in [0.29, 0.717) is 0 Å². The minimum Gasteiger partial charge on any atom is -0.551 e. The first-order valence-corrected chi connectivity index (χ1v) is 18.8. The van der Waals surface area contributed by atoms with Gasteiger partial charge in [-0.25, -0.2) is 0 Å². The molecule has 0 N–H and O–H groups in total. The summed E-state index contributed by atoms with van der Waals surface area (Å²) in [6, 6.07) is 31.7. The molecule has 262 valence electrons. The van der Waals surface area contributed by atoms with Gasteiger partial charge in [0.25, 0.3) is 0 Å². The van der Waals surface area contributed by atoms with Crippen molar-refractivity contribution in [3.05, 3.63) is 152 Å². The first-order valence-electron chi connectivity index (χ1n) is 18.8. The van der Waals surface area contributed by atoms with Crippen LogP contribution in [-0.4, -0.2) is 13.8 Å². The van der Waals surface area contributed by atoms with Crippen LogP contribution in [0.4, 0.5) is 0 Å². The Bertz CT molecular complexity index is 2050. The van der Waals surface area contributed by atoms with Crippen LogP contribution in [0.1, 0.15) is 108 Å². The fourth-order valence-corrected chi connectivity index (χ4v) is 8.31. The van der Waals surface area contributed by atoms with Gasteiger partial charge in [-0.1, -0.05) is 160 Å². The van der Waals surface area contributed by atoms with Crippen molar-refractivity contribution in [1.82, 2.24) is 0 Å². The van der Waals surface area contributed by atoms with Gasteiger partial charge in [0.15, 0.2) is 0 Å². The number of hydrogen-bond acceptors (Lipinski definition) is 2. The molecule has 5 aromatic rings. The molecule has 4 heteroatoms. The summed E-state index contributed by atoms with van der Waals surface area (Å²) in [5.74, 6) is 1.78. The SMILES string of the molecule is Cc1cc(C)c(B2OC(c3ccc(C(C)(C)C)cc3)=Cc3cc4c(cc32)C=C(c2ccc(C(C)(C)C)cc2)OB4c2c(C)cc(C)cc2C)c(C)c1. The van der Waals surface area contributed by atoms with Gasteiger partial charge in [-0.2, -0.15) is 0 Å². The molecule has 7 rings (SSSR count). The Balaban J connectivity index is 1.46. The Morgan fingerprint density at radius 2 is 0.731 bits per heavy atom. The van der Waals surface area contributed by atoms with E-state index < -0.39 is 0 Å². The largest absolute Gasteiger partial charge is 0.551 e. The van der Waals surface area contributed by atoms with Crippen LogP contribution in [0.2, 0.25) is 0 Å². The van der Waals surface area contributed by atoms with E-state index in [1.807, 2.05) is 0 Å². The molecule has 52 heavy (non-hydrogen) atoms. The van der Waals surface area contributed by atoms with E-state index in [9.17, 15) is 0 Å². The molecule has 0 spiro atoms. The van der Waals surface area contributed by atoms with Crippen LogP contribution in [-0.2, 0) is 20.1 Å². The van der Waals surface area contributed by atoms with Gasteiger partial charge in [-0.15, -0.1) is 0 Å². The molecule has 0 unspecified atom stereocenters. The molecular weight excluding hydrogens is 630 g/mol. The van der Waals surface area contributed by atoms with E-state index in [1.165, 1.54) is 77.5 Å². The van der Waals surface area contributed by atoms with E-state index >= 15 is 0 Å². The quantitative estimate of drug-likeness (QED) is 0.176. The maximum absolute atomic E-state index is 7.13. The summed E-state index contributed by atoms with van der Waals surface area (Å²) in [6.07, 6.45) is 4.49. The topological polar surface area (TPSA) is 18.5 Å². The Morgan fingerprint density at radius 1 is 0.423 bits per heavy atom. The summed E-state index contributed by atoms with van der Waals surface area (Å²) in [5.41, 5.74) is 19.6. The molecule has 0 radical (unpaired) electrons. The molecule has 0 bridgehead atoms. The lowest BCUT2D eigenvalue weighted by Crippen LogP contribution is -2.53. The fourth-order valence-electron chi connectivity index (χ4n) is 8.31. The predicted molar refractivity (Wildman–Crippen MR) is 226 cm³/mol. The highest BCUT2D eigenvalue weighted by Crippen LogP contribution is 2.32. The zero-order chi connectivity index (χ0) is 37.3. The molecule has 0 aliphatic carbocycles. The van der Waals surface area contributed by atoms with Crippen molar-refractivity contribution < 1.29 is 9.31 Å². The van der Waals surface area contributed by atoms with Crippen LogP contribution in [0.3, 0.4) is 0 Å². The molecule has 0 amide bonds. The van der Waals surface area contributed by atoms with Crippen molar-refractivity contribution in [2.45, 2.75) is 93.9 Å². The average Bonchev–Trinajstić information content (AvgIpc) is 3.06. The van der Waals surface area contributed by atoms with E-state index in [4.69, 9.17) is 9.31 Å². The summed E-state index contributed by atoms with van der Waals surface area (Å²) in [7, 11) is 0. The number of hydrogen-bond donors (Lipinski definition) is 0. The van der Waals surface area contributed by atoms with Gasteiger partial charge in [-0.3, -0.25) is 0 Å². The van der Waals surface area contributed by atoms with Gasteiger partial charge in [-0.05, 0) is 109 Å². The van der Waals surface area contributed by atoms with Crippen LogP contribution < -0.4 is 21.9 Å². The number of aryl methyl sites for hydroxylation is 6. The molecule has 2 heterocycles. The third kappa shape index (κ3) is 6.69. The summed E-state index contributed by atoms with van der Waals surface area (Å²) < 4.78 is 14.3. The highest BCUT2D eigenvalue weighted by Gasteiger charge is 2.38. The first kappa shape index (κ1) is 35.7. The first-order chi connectivity index (χ1) is 24.5. The zero-order valence-corrected chi connectivity index (χ0v) is 33.2. The van der Waals surface area contributed by atoms with Crippen LogP contribution in [0.5, 0.6) is 0 Å². The highest BCUT2D eigenvalue weighted by atomic mass is 16.4. The summed E-state index contributed by atoms with van der Waals surface area (Å²) >= 11 is 0. The fraction of sp³-hybridized carbons (Fsp3) is 0.292. The van der Waals surface area contributed by atoms with E-state index in [1.54, 1.807) is 0 Å². The molecule has 0 fully saturated rings. The molecular formula is C48H52B2O2. The molecule has 0 saturated heterocycles. The third-order valence-corrected chi connectivity index (χ3v) is 11.0. The van der Waals surface area contributed by atoms with Crippen molar-refractivity contribution in [2.24, 2.45) is 0 Å². The highest BCUT2D eigenvalue weighted by molar-refractivity contribution is 6.84. The monoisotopic (exact) mass is 682 g/mol. The van der Waals surface area contributed by atoms with Crippen LogP contribution in [0.15, 0.2) is 84.9 Å². The van der Waals surface area contributed by atoms with Gasteiger partial charge < -0.3 is 9.31 Å². The third-order valence-electron chi connectivity index (χ3n) is 11.0. The second-order valence-corrected chi connectivity index (χ2v) is 17.4. The smallest absolute Gasteiger partial charge is 0.427 e. The Kier molecular flexibility index (Phi) is 8.97. The van der Waals surface area contributed by atoms with E-state index in [-0.39, 0.29) is 24.7 Å². The van der Waals surface area contributed by atoms with Crippen molar-refractivity contribution in [3.8, 4) is 0 Å². The second kappa shape index (κ2) is 13.1. The normalized spacial score (nSPS) is 14.2. The summed E-state index contributed by atoms with van der Waals surface area (Å²) in [4.78, 5) is 0. The molecule has 5 aromatic carbocycles. The predicted octanol–water partition coefficient (Wildman–Crippen LogP) is 9.40. The number of rotatable bonds is 4. The zero-order valence-electron chi connectivity index (χ0n) is 33.2. The van der Waals surface area contributed by atoms with Crippen molar-refractivity contribution in [1.29, 1.82) is 0 Å². The number of fused-ring (bicyclic) bond motifs is 2. The molecule has 2 nitrogen and oxygen atoms in total. The summed E-state index contributed by atoms with van der Waals surface area (Å²) in [6.45, 7) is 26.3. The Morgan fingerprint density at radius 3 is 1.02 bits per heavy atom. The molecule has 0 atom stereocenters. The van der Waals surface area contributed by atoms with Crippen molar-refractivity contribution in [2.75, 3.05) is 0 Å². The van der Waals surface area contributed by atoms with Gasteiger partial charge in [0.2, 0.25) is 0 Å². The molecule has 2 aliphatic rings. The second-order valence-electron chi connectivity index (χ2n) is 17.4. The molecule has 0 saturated carbocycles. The minimum atomic E-state index is -0.254.